The van der Waals surface area contributed by atoms with E-state index in [2.05, 4.69) is 26.3 Å². The van der Waals surface area contributed by atoms with Crippen LogP contribution >= 0.6 is 0 Å². The monoisotopic (exact) mass is 627 g/mol. The second kappa shape index (κ2) is 10.1. The Labute approximate surface area is 220 Å². The Balaban J connectivity index is 1.52. The number of nitrogens with one attached hydrogen (secondary N) is 1. The molecule has 1 aliphatic carbocycles. The fourth-order valence-corrected chi connectivity index (χ4v) is 8.56. The van der Waals surface area contributed by atoms with Crippen molar-refractivity contribution in [2.24, 2.45) is 0 Å². The van der Waals surface area contributed by atoms with Gasteiger partial charge in [0.15, 0.2) is 0 Å². The first kappa shape index (κ1) is 27.8. The second-order valence-electron chi connectivity index (χ2n) is 11.8. The Morgan fingerprint density at radius 1 is 1.08 bits per heavy atom. The number of hydrogen-bond donors (Lipinski definition) is 1. The van der Waals surface area contributed by atoms with Crippen LogP contribution in [-0.2, 0) is 10.9 Å². The summed E-state index contributed by atoms with van der Waals surface area (Å²) < 4.78 is 46.4. The van der Waals surface area contributed by atoms with Crippen LogP contribution in [-0.4, -0.2) is 71.1 Å². The number of aromatic nitrogens is 2. The van der Waals surface area contributed by atoms with Gasteiger partial charge in [-0.25, -0.2) is 4.79 Å². The number of benzene rings is 1. The third kappa shape index (κ3) is 7.00. The molecule has 202 valence electrons. The molecule has 1 aromatic carbocycles. The third-order valence-corrected chi connectivity index (χ3v) is 11.5. The molecule has 0 spiro atoms. The first-order valence-electron chi connectivity index (χ1n) is 12.7. The average Bonchev–Trinajstić information content (AvgIpc) is 3.62. The number of alkyl halides is 3. The van der Waals surface area contributed by atoms with Crippen LogP contribution in [0.3, 0.4) is 0 Å². The van der Waals surface area contributed by atoms with Crippen molar-refractivity contribution in [1.82, 2.24) is 14.9 Å². The second-order valence-corrected chi connectivity index (χ2v) is 26.0. The quantitative estimate of drug-likeness (QED) is 0.429. The van der Waals surface area contributed by atoms with E-state index in [1.54, 1.807) is 4.90 Å². The standard InChI is InChI=1S/C23H27F3N5O2.3CH3.Sn/c1-22(2,3)33-21(32)31-10-8-30(9-11-31)17-6-7-19(18(12-17)15-4-5-15)29-20-27-13-16(14-28-20)23(24,25)26;;;;/h6-7,12-13,15H,4-5,8-11H2,1-3H3,(H,27,28,29);3*1H3;. The fourth-order valence-electron chi connectivity index (χ4n) is 4.41. The van der Waals surface area contributed by atoms with Crippen molar-refractivity contribution in [3.8, 4) is 0 Å². The maximum atomic E-state index is 13.6. The van der Waals surface area contributed by atoms with E-state index in [0.29, 0.717) is 32.1 Å². The van der Waals surface area contributed by atoms with E-state index < -0.39 is 35.7 Å². The summed E-state index contributed by atoms with van der Waals surface area (Å²) in [5.41, 5.74) is 1.77. The molecule has 1 saturated heterocycles. The molecule has 2 heterocycles. The van der Waals surface area contributed by atoms with Crippen LogP contribution in [0.1, 0.15) is 50.7 Å². The summed E-state index contributed by atoms with van der Waals surface area (Å²) in [4.78, 5) is 30.5. The van der Waals surface area contributed by atoms with Crippen LogP contribution in [0.5, 0.6) is 0 Å². The molecular formula is C26H36F3N5O2Sn. The van der Waals surface area contributed by atoms with Crippen LogP contribution in [0, 0.1) is 0 Å². The molecule has 1 aromatic heterocycles. The van der Waals surface area contributed by atoms with Crippen molar-refractivity contribution in [2.75, 3.05) is 36.4 Å². The summed E-state index contributed by atoms with van der Waals surface area (Å²) in [6, 6.07) is 6.12. The van der Waals surface area contributed by atoms with Crippen LogP contribution < -0.4 is 13.9 Å². The molecule has 1 amide bonds. The van der Waals surface area contributed by atoms with E-state index >= 15 is 0 Å². The van der Waals surface area contributed by atoms with Gasteiger partial charge in [-0.05, 0) is 20.8 Å². The van der Waals surface area contributed by atoms with Gasteiger partial charge in [0.25, 0.3) is 0 Å². The molecular weight excluding hydrogens is 590 g/mol. The van der Waals surface area contributed by atoms with Gasteiger partial charge in [0.1, 0.15) is 5.60 Å². The van der Waals surface area contributed by atoms with E-state index in [1.807, 2.05) is 47.7 Å². The Kier molecular flexibility index (Phi) is 7.62. The van der Waals surface area contributed by atoms with E-state index in [0.717, 1.165) is 36.0 Å². The Morgan fingerprint density at radius 3 is 2.27 bits per heavy atom. The molecule has 0 bridgehead atoms. The number of hydrogen-bond acceptors (Lipinski definition) is 6. The zero-order valence-electron chi connectivity index (χ0n) is 22.4. The van der Waals surface area contributed by atoms with Crippen LogP contribution in [0.15, 0.2) is 24.4 Å². The number of halogens is 3. The van der Waals surface area contributed by atoms with Gasteiger partial charge in [0.05, 0.1) is 0 Å². The molecule has 0 radical (unpaired) electrons. The van der Waals surface area contributed by atoms with Crippen LogP contribution in [0.2, 0.25) is 14.8 Å². The van der Waals surface area contributed by atoms with Gasteiger partial charge in [0, 0.05) is 0 Å². The van der Waals surface area contributed by atoms with Crippen molar-refractivity contribution in [3.63, 3.8) is 0 Å². The Bertz CT molecular complexity index is 1150. The van der Waals surface area contributed by atoms with Crippen molar-refractivity contribution in [3.05, 3.63) is 35.5 Å². The molecule has 7 nitrogen and oxygen atoms in total. The predicted octanol–water partition coefficient (Wildman–Crippen LogP) is 5.72. The molecule has 0 unspecified atom stereocenters. The van der Waals surface area contributed by atoms with Crippen molar-refractivity contribution in [2.45, 2.75) is 66.1 Å². The molecule has 0 atom stereocenters. The first-order valence-corrected chi connectivity index (χ1v) is 22.7. The van der Waals surface area contributed by atoms with Crippen LogP contribution in [0.4, 0.5) is 35.3 Å². The average molecular weight is 626 g/mol. The number of amides is 1. The van der Waals surface area contributed by atoms with Crippen molar-refractivity contribution in [1.29, 1.82) is 0 Å². The van der Waals surface area contributed by atoms with Crippen molar-refractivity contribution >= 4 is 45.5 Å². The minimum atomic E-state index is -4.47. The predicted molar refractivity (Wildman–Crippen MR) is 142 cm³/mol. The van der Waals surface area contributed by atoms with E-state index in [1.165, 1.54) is 0 Å². The van der Waals surface area contributed by atoms with Gasteiger partial charge in [-0.3, -0.25) is 0 Å². The van der Waals surface area contributed by atoms with Crippen molar-refractivity contribution < 1.29 is 22.7 Å². The third-order valence-electron chi connectivity index (χ3n) is 6.40. The zero-order chi connectivity index (χ0) is 27.2. The van der Waals surface area contributed by atoms with Crippen LogP contribution in [0.25, 0.3) is 0 Å². The molecule has 1 saturated carbocycles. The summed E-state index contributed by atoms with van der Waals surface area (Å²) in [6.45, 7) is 8.12. The Morgan fingerprint density at radius 2 is 1.73 bits per heavy atom. The number of carbonyl (C=O) groups is 1. The van der Waals surface area contributed by atoms with Gasteiger partial charge in [0.2, 0.25) is 0 Å². The molecule has 4 rings (SSSR count). The maximum absolute atomic E-state index is 13.6. The van der Waals surface area contributed by atoms with Gasteiger partial charge in [-0.1, -0.05) is 0 Å². The molecule has 1 N–H and O–H groups in total. The SMILES string of the molecule is CC(C)(C)OC(=O)N1CCN(c2ccc(Nc3ncc(C(F)(F)F)[c]([Sn]([CH3])([CH3])[CH3])n3)c(C3CC3)c2)CC1. The molecule has 1 aliphatic heterocycles. The topological polar surface area (TPSA) is 70.6 Å². The summed E-state index contributed by atoms with van der Waals surface area (Å²) in [6.07, 6.45) is -1.69. The number of nitrogens with zero attached hydrogens (tertiary/aromatic N) is 4. The summed E-state index contributed by atoms with van der Waals surface area (Å²) >= 11 is -3.18. The number of anilines is 3. The number of rotatable bonds is 5. The molecule has 11 heteroatoms. The molecule has 2 fully saturated rings. The minimum absolute atomic E-state index is 0.173. The summed E-state index contributed by atoms with van der Waals surface area (Å²) in [5.74, 6) is 0.608. The first-order chi connectivity index (χ1) is 17.1. The van der Waals surface area contributed by atoms with Gasteiger partial charge in [-0.15, -0.1) is 0 Å². The van der Waals surface area contributed by atoms with Gasteiger partial charge in [-0.2, -0.15) is 0 Å². The molecule has 2 aromatic rings. The van der Waals surface area contributed by atoms with E-state index in [4.69, 9.17) is 4.74 Å². The Hall–Kier alpha value is -2.24. The summed E-state index contributed by atoms with van der Waals surface area (Å²) in [7, 11) is 0. The normalized spacial score (nSPS) is 17.1. The fraction of sp³-hybridized carbons (Fsp3) is 0.577. The molecule has 37 heavy (non-hydrogen) atoms. The number of ether oxygens (including phenoxy) is 1. The van der Waals surface area contributed by atoms with E-state index in [9.17, 15) is 18.0 Å². The summed E-state index contributed by atoms with van der Waals surface area (Å²) in [5, 5.41) is 3.21. The number of piperazine rings is 1. The molecule has 2 aliphatic rings. The van der Waals surface area contributed by atoms with E-state index in [-0.39, 0.29) is 15.8 Å². The van der Waals surface area contributed by atoms with Gasteiger partial charge < -0.3 is 4.74 Å². The zero-order valence-corrected chi connectivity index (χ0v) is 25.2. The van der Waals surface area contributed by atoms with Gasteiger partial charge >= 0.3 is 185 Å². The number of carbonyl (C=O) groups excluding carboxylic acids is 1.